The molecule has 1 amide bonds. The van der Waals surface area contributed by atoms with Gasteiger partial charge in [-0.25, -0.2) is 0 Å². The maximum Gasteiger partial charge on any atom is 0.252 e. The van der Waals surface area contributed by atoms with Crippen molar-refractivity contribution in [2.75, 3.05) is 6.54 Å². The summed E-state index contributed by atoms with van der Waals surface area (Å²) in [5.41, 5.74) is 12.4. The Bertz CT molecular complexity index is 425. The molecule has 0 aromatic heterocycles. The average molecular weight is 234 g/mol. The first-order chi connectivity index (χ1) is 8.10. The number of carbonyl (C=O) groups excluding carboxylic acids is 1. The third-order valence-corrected chi connectivity index (χ3v) is 3.22. The van der Waals surface area contributed by atoms with E-state index in [2.05, 4.69) is 0 Å². The SMILES string of the molecule is Cc1ccc(C(N)=O)c(OC2CC(CN)C2)c1. The van der Waals surface area contributed by atoms with Crippen LogP contribution in [0.3, 0.4) is 0 Å². The molecule has 4 nitrogen and oxygen atoms in total. The number of ether oxygens (including phenoxy) is 1. The van der Waals surface area contributed by atoms with Crippen LogP contribution in [0.5, 0.6) is 5.75 Å². The molecule has 0 atom stereocenters. The van der Waals surface area contributed by atoms with E-state index < -0.39 is 5.91 Å². The van der Waals surface area contributed by atoms with Crippen LogP contribution in [0.25, 0.3) is 0 Å². The lowest BCUT2D eigenvalue weighted by atomic mass is 9.82. The predicted octanol–water partition coefficient (Wildman–Crippen LogP) is 1.21. The molecule has 1 saturated carbocycles. The first-order valence-corrected chi connectivity index (χ1v) is 5.87. The van der Waals surface area contributed by atoms with Crippen molar-refractivity contribution >= 4 is 5.91 Å². The molecule has 1 aromatic carbocycles. The van der Waals surface area contributed by atoms with Gasteiger partial charge in [-0.2, -0.15) is 0 Å². The van der Waals surface area contributed by atoms with Gasteiger partial charge < -0.3 is 16.2 Å². The first-order valence-electron chi connectivity index (χ1n) is 5.87. The minimum Gasteiger partial charge on any atom is -0.490 e. The lowest BCUT2D eigenvalue weighted by Gasteiger charge is -2.34. The normalized spacial score (nSPS) is 22.9. The van der Waals surface area contributed by atoms with Crippen LogP contribution < -0.4 is 16.2 Å². The van der Waals surface area contributed by atoms with Gasteiger partial charge in [0.25, 0.3) is 5.91 Å². The van der Waals surface area contributed by atoms with E-state index in [0.717, 1.165) is 18.4 Å². The van der Waals surface area contributed by atoms with Crippen molar-refractivity contribution in [1.29, 1.82) is 0 Å². The Morgan fingerprint density at radius 3 is 2.76 bits per heavy atom. The van der Waals surface area contributed by atoms with Gasteiger partial charge in [-0.1, -0.05) is 6.07 Å². The summed E-state index contributed by atoms with van der Waals surface area (Å²) in [5.74, 6) is 0.703. The highest BCUT2D eigenvalue weighted by Gasteiger charge is 2.30. The number of rotatable bonds is 4. The van der Waals surface area contributed by atoms with Crippen LogP contribution in [0.4, 0.5) is 0 Å². The van der Waals surface area contributed by atoms with E-state index in [1.807, 2.05) is 19.1 Å². The van der Waals surface area contributed by atoms with Crippen LogP contribution in [-0.2, 0) is 0 Å². The van der Waals surface area contributed by atoms with Crippen molar-refractivity contribution in [2.24, 2.45) is 17.4 Å². The highest BCUT2D eigenvalue weighted by Crippen LogP contribution is 2.32. The molecule has 2 rings (SSSR count). The predicted molar refractivity (Wildman–Crippen MR) is 65.9 cm³/mol. The van der Waals surface area contributed by atoms with Crippen molar-refractivity contribution in [3.8, 4) is 5.75 Å². The fourth-order valence-electron chi connectivity index (χ4n) is 2.07. The molecule has 92 valence electrons. The number of benzene rings is 1. The minimum atomic E-state index is -0.449. The smallest absolute Gasteiger partial charge is 0.252 e. The summed E-state index contributed by atoms with van der Waals surface area (Å²) in [6, 6.07) is 5.43. The lowest BCUT2D eigenvalue weighted by molar-refractivity contribution is 0.0674. The molecule has 4 heteroatoms. The summed E-state index contributed by atoms with van der Waals surface area (Å²) < 4.78 is 5.80. The zero-order valence-corrected chi connectivity index (χ0v) is 9.98. The molecule has 17 heavy (non-hydrogen) atoms. The highest BCUT2D eigenvalue weighted by atomic mass is 16.5. The van der Waals surface area contributed by atoms with Crippen LogP contribution >= 0.6 is 0 Å². The lowest BCUT2D eigenvalue weighted by Crippen LogP contribution is -2.38. The van der Waals surface area contributed by atoms with E-state index in [0.29, 0.717) is 23.8 Å². The van der Waals surface area contributed by atoms with Gasteiger partial charge in [-0.05, 0) is 49.9 Å². The fourth-order valence-corrected chi connectivity index (χ4v) is 2.07. The highest BCUT2D eigenvalue weighted by molar-refractivity contribution is 5.95. The first kappa shape index (κ1) is 11.9. The van der Waals surface area contributed by atoms with E-state index in [4.69, 9.17) is 16.2 Å². The molecule has 0 unspecified atom stereocenters. The second-order valence-electron chi connectivity index (χ2n) is 4.68. The summed E-state index contributed by atoms with van der Waals surface area (Å²) in [7, 11) is 0. The average Bonchev–Trinajstić information content (AvgIpc) is 2.22. The molecule has 1 aliphatic carbocycles. The minimum absolute atomic E-state index is 0.170. The van der Waals surface area contributed by atoms with Crippen LogP contribution in [0.2, 0.25) is 0 Å². The Morgan fingerprint density at radius 2 is 2.18 bits per heavy atom. The maximum atomic E-state index is 11.3. The largest absolute Gasteiger partial charge is 0.490 e. The molecule has 0 saturated heterocycles. The number of primary amides is 1. The Balaban J connectivity index is 2.09. The fraction of sp³-hybridized carbons (Fsp3) is 0.462. The summed E-state index contributed by atoms with van der Waals surface area (Å²) in [5, 5.41) is 0. The van der Waals surface area contributed by atoms with Gasteiger partial charge in [-0.3, -0.25) is 4.79 Å². The number of nitrogens with two attached hydrogens (primary N) is 2. The van der Waals surface area contributed by atoms with Gasteiger partial charge in [0.1, 0.15) is 5.75 Å². The quantitative estimate of drug-likeness (QED) is 0.822. The number of hydrogen-bond acceptors (Lipinski definition) is 3. The molecular formula is C13H18N2O2. The Hall–Kier alpha value is -1.55. The Morgan fingerprint density at radius 1 is 1.47 bits per heavy atom. The van der Waals surface area contributed by atoms with E-state index in [1.165, 1.54) is 0 Å². The molecule has 4 N–H and O–H groups in total. The summed E-state index contributed by atoms with van der Waals surface area (Å²) >= 11 is 0. The van der Waals surface area contributed by atoms with Crippen LogP contribution in [0.15, 0.2) is 18.2 Å². The molecule has 1 aliphatic rings. The molecule has 1 aromatic rings. The molecule has 1 fully saturated rings. The van der Waals surface area contributed by atoms with E-state index in [1.54, 1.807) is 6.07 Å². The molecule has 0 radical (unpaired) electrons. The summed E-state index contributed by atoms with van der Waals surface area (Å²) in [6.07, 6.45) is 2.09. The van der Waals surface area contributed by atoms with Crippen molar-refractivity contribution in [3.05, 3.63) is 29.3 Å². The van der Waals surface area contributed by atoms with E-state index >= 15 is 0 Å². The number of amides is 1. The monoisotopic (exact) mass is 234 g/mol. The van der Waals surface area contributed by atoms with Crippen molar-refractivity contribution in [2.45, 2.75) is 25.9 Å². The van der Waals surface area contributed by atoms with Gasteiger partial charge in [0.15, 0.2) is 0 Å². The zero-order valence-electron chi connectivity index (χ0n) is 9.98. The molecular weight excluding hydrogens is 216 g/mol. The third-order valence-electron chi connectivity index (χ3n) is 3.22. The van der Waals surface area contributed by atoms with Crippen molar-refractivity contribution in [1.82, 2.24) is 0 Å². The summed E-state index contributed by atoms with van der Waals surface area (Å²) in [4.78, 5) is 11.3. The maximum absolute atomic E-state index is 11.3. The Kier molecular flexibility index (Phi) is 3.33. The molecule has 0 spiro atoms. The zero-order chi connectivity index (χ0) is 12.4. The number of carbonyl (C=O) groups is 1. The summed E-state index contributed by atoms with van der Waals surface area (Å²) in [6.45, 7) is 2.66. The van der Waals surface area contributed by atoms with Crippen LogP contribution in [-0.4, -0.2) is 18.6 Å². The van der Waals surface area contributed by atoms with E-state index in [-0.39, 0.29) is 6.10 Å². The molecule has 0 aliphatic heterocycles. The van der Waals surface area contributed by atoms with Gasteiger partial charge in [0.2, 0.25) is 0 Å². The van der Waals surface area contributed by atoms with Gasteiger partial charge in [-0.15, -0.1) is 0 Å². The second kappa shape index (κ2) is 4.75. The Labute approximate surface area is 101 Å². The number of hydrogen-bond donors (Lipinski definition) is 2. The standard InChI is InChI=1S/C13H18N2O2/c1-8-2-3-11(13(15)16)12(4-8)17-10-5-9(6-10)7-14/h2-4,9-10H,5-7,14H2,1H3,(H2,15,16). The van der Waals surface area contributed by atoms with Crippen molar-refractivity contribution in [3.63, 3.8) is 0 Å². The van der Waals surface area contributed by atoms with Gasteiger partial charge in [0.05, 0.1) is 11.7 Å². The number of aryl methyl sites for hydroxylation is 1. The van der Waals surface area contributed by atoms with E-state index in [9.17, 15) is 4.79 Å². The second-order valence-corrected chi connectivity index (χ2v) is 4.68. The van der Waals surface area contributed by atoms with Gasteiger partial charge >= 0.3 is 0 Å². The molecule has 0 bridgehead atoms. The van der Waals surface area contributed by atoms with Crippen molar-refractivity contribution < 1.29 is 9.53 Å². The van der Waals surface area contributed by atoms with Crippen LogP contribution in [0.1, 0.15) is 28.8 Å². The molecule has 0 heterocycles. The van der Waals surface area contributed by atoms with Gasteiger partial charge in [0, 0.05) is 0 Å². The third kappa shape index (κ3) is 2.58. The topological polar surface area (TPSA) is 78.3 Å². The van der Waals surface area contributed by atoms with Crippen LogP contribution in [0, 0.1) is 12.8 Å².